The predicted octanol–water partition coefficient (Wildman–Crippen LogP) is 2.35. The molecular formula is C13H21NO2. The van der Waals surface area contributed by atoms with Gasteiger partial charge in [0.25, 0.3) is 0 Å². The lowest BCUT2D eigenvalue weighted by Gasteiger charge is -2.17. The molecule has 0 saturated carbocycles. The van der Waals surface area contributed by atoms with E-state index >= 15 is 0 Å². The Morgan fingerprint density at radius 3 is 2.12 bits per heavy atom. The Labute approximate surface area is 98.0 Å². The molecule has 0 aliphatic rings. The molecule has 0 heterocycles. The molecule has 0 saturated heterocycles. The normalized spacial score (nSPS) is 10.9. The molecule has 16 heavy (non-hydrogen) atoms. The highest BCUT2D eigenvalue weighted by Gasteiger charge is 2.06. The van der Waals surface area contributed by atoms with Gasteiger partial charge in [0.05, 0.1) is 13.8 Å². The van der Waals surface area contributed by atoms with Crippen molar-refractivity contribution in [3.05, 3.63) is 28.8 Å². The molecule has 0 bridgehead atoms. The first-order valence-electron chi connectivity index (χ1n) is 5.40. The molecule has 1 aromatic carbocycles. The van der Waals surface area contributed by atoms with Gasteiger partial charge in [0.2, 0.25) is 0 Å². The third-order valence-electron chi connectivity index (χ3n) is 2.53. The topological polar surface area (TPSA) is 21.7 Å². The Morgan fingerprint density at radius 1 is 1.12 bits per heavy atom. The Bertz CT molecular complexity index is 327. The van der Waals surface area contributed by atoms with Crippen molar-refractivity contribution in [1.29, 1.82) is 0 Å². The molecule has 0 spiro atoms. The third kappa shape index (κ3) is 3.22. The molecule has 1 rings (SSSR count). The van der Waals surface area contributed by atoms with E-state index in [9.17, 15) is 0 Å². The van der Waals surface area contributed by atoms with E-state index in [1.54, 1.807) is 14.2 Å². The number of aryl methyl sites for hydroxylation is 2. The van der Waals surface area contributed by atoms with Gasteiger partial charge in [-0.1, -0.05) is 12.1 Å². The van der Waals surface area contributed by atoms with Crippen molar-refractivity contribution < 1.29 is 9.47 Å². The summed E-state index contributed by atoms with van der Waals surface area (Å²) in [4.78, 5) is 2.13. The number of methoxy groups -OCH3 is 2. The van der Waals surface area contributed by atoms with Crippen LogP contribution in [0.3, 0.4) is 0 Å². The van der Waals surface area contributed by atoms with Gasteiger partial charge in [0.15, 0.2) is 0 Å². The monoisotopic (exact) mass is 223 g/mol. The lowest BCUT2D eigenvalue weighted by molar-refractivity contribution is 0.0771. The summed E-state index contributed by atoms with van der Waals surface area (Å²) < 4.78 is 10.4. The number of benzene rings is 1. The summed E-state index contributed by atoms with van der Waals surface area (Å²) in [7, 11) is 5.46. The third-order valence-corrected chi connectivity index (χ3v) is 2.53. The number of ether oxygens (including phenoxy) is 2. The Hall–Kier alpha value is -1.06. The van der Waals surface area contributed by atoms with Crippen molar-refractivity contribution in [2.75, 3.05) is 28.0 Å². The summed E-state index contributed by atoms with van der Waals surface area (Å²) in [5.74, 6) is 0.984. The van der Waals surface area contributed by atoms with E-state index in [0.717, 1.165) is 12.3 Å². The number of rotatable bonds is 5. The van der Waals surface area contributed by atoms with Crippen LogP contribution in [0.1, 0.15) is 16.7 Å². The van der Waals surface area contributed by atoms with E-state index in [0.29, 0.717) is 6.73 Å². The SMILES string of the molecule is COCN(C)Cc1cc(C)c(OC)c(C)c1. The van der Waals surface area contributed by atoms with Gasteiger partial charge in [-0.3, -0.25) is 4.90 Å². The second kappa shape index (κ2) is 5.87. The first-order chi connectivity index (χ1) is 7.58. The fourth-order valence-electron chi connectivity index (χ4n) is 2.03. The van der Waals surface area contributed by atoms with Gasteiger partial charge >= 0.3 is 0 Å². The Balaban J connectivity index is 2.83. The molecule has 0 amide bonds. The summed E-state index contributed by atoms with van der Waals surface area (Å²) in [6.07, 6.45) is 0. The molecule has 0 fully saturated rings. The molecule has 3 heteroatoms. The van der Waals surface area contributed by atoms with Crippen LogP contribution in [0.5, 0.6) is 5.75 Å². The maximum atomic E-state index is 5.34. The number of nitrogens with zero attached hydrogens (tertiary/aromatic N) is 1. The fraction of sp³-hybridized carbons (Fsp3) is 0.538. The minimum Gasteiger partial charge on any atom is -0.496 e. The molecule has 0 aromatic heterocycles. The minimum atomic E-state index is 0.643. The van der Waals surface area contributed by atoms with Crippen LogP contribution in [-0.2, 0) is 11.3 Å². The standard InChI is InChI=1S/C13H21NO2/c1-10-6-12(8-14(3)9-15-4)7-11(2)13(10)16-5/h6-7H,8-9H2,1-5H3. The van der Waals surface area contributed by atoms with Gasteiger partial charge in [-0.25, -0.2) is 0 Å². The molecule has 0 unspecified atom stereocenters. The number of hydrogen-bond acceptors (Lipinski definition) is 3. The van der Waals surface area contributed by atoms with E-state index in [2.05, 4.69) is 30.9 Å². The van der Waals surface area contributed by atoms with E-state index in [1.165, 1.54) is 16.7 Å². The highest BCUT2D eigenvalue weighted by Crippen LogP contribution is 2.24. The highest BCUT2D eigenvalue weighted by molar-refractivity contribution is 5.43. The summed E-state index contributed by atoms with van der Waals surface area (Å²) >= 11 is 0. The van der Waals surface area contributed by atoms with Gasteiger partial charge in [-0.05, 0) is 37.6 Å². The molecule has 1 aromatic rings. The zero-order chi connectivity index (χ0) is 12.1. The first kappa shape index (κ1) is 13.0. The van der Waals surface area contributed by atoms with Gasteiger partial charge in [-0.15, -0.1) is 0 Å². The molecular weight excluding hydrogens is 202 g/mol. The first-order valence-corrected chi connectivity index (χ1v) is 5.40. The summed E-state index contributed by atoms with van der Waals surface area (Å²) in [6.45, 7) is 5.68. The van der Waals surface area contributed by atoms with Crippen LogP contribution in [-0.4, -0.2) is 32.9 Å². The van der Waals surface area contributed by atoms with Gasteiger partial charge < -0.3 is 9.47 Å². The van der Waals surface area contributed by atoms with Crippen molar-refractivity contribution in [3.8, 4) is 5.75 Å². The Morgan fingerprint density at radius 2 is 1.69 bits per heavy atom. The minimum absolute atomic E-state index is 0.643. The Kier molecular flexibility index (Phi) is 4.77. The van der Waals surface area contributed by atoms with E-state index in [4.69, 9.17) is 9.47 Å². The molecule has 0 aliphatic heterocycles. The van der Waals surface area contributed by atoms with Crippen LogP contribution >= 0.6 is 0 Å². The predicted molar refractivity (Wildman–Crippen MR) is 65.8 cm³/mol. The average molecular weight is 223 g/mol. The van der Waals surface area contributed by atoms with Crippen molar-refractivity contribution in [2.45, 2.75) is 20.4 Å². The van der Waals surface area contributed by atoms with Gasteiger partial charge in [0, 0.05) is 13.7 Å². The van der Waals surface area contributed by atoms with E-state index in [1.807, 2.05) is 7.05 Å². The van der Waals surface area contributed by atoms with E-state index < -0.39 is 0 Å². The summed E-state index contributed by atoms with van der Waals surface area (Å²) in [5.41, 5.74) is 3.65. The van der Waals surface area contributed by atoms with Crippen molar-refractivity contribution >= 4 is 0 Å². The molecule has 0 radical (unpaired) electrons. The van der Waals surface area contributed by atoms with Crippen LogP contribution < -0.4 is 4.74 Å². The second-order valence-corrected chi connectivity index (χ2v) is 4.19. The van der Waals surface area contributed by atoms with Crippen LogP contribution in [0.4, 0.5) is 0 Å². The van der Waals surface area contributed by atoms with Gasteiger partial charge in [0.1, 0.15) is 5.75 Å². The molecule has 90 valence electrons. The maximum absolute atomic E-state index is 5.34. The average Bonchev–Trinajstić information content (AvgIpc) is 2.17. The molecule has 3 nitrogen and oxygen atoms in total. The summed E-state index contributed by atoms with van der Waals surface area (Å²) in [6, 6.07) is 4.33. The van der Waals surface area contributed by atoms with Crippen molar-refractivity contribution in [3.63, 3.8) is 0 Å². The zero-order valence-corrected chi connectivity index (χ0v) is 10.8. The zero-order valence-electron chi connectivity index (χ0n) is 10.8. The highest BCUT2D eigenvalue weighted by atomic mass is 16.5. The lowest BCUT2D eigenvalue weighted by atomic mass is 10.1. The van der Waals surface area contributed by atoms with Crippen molar-refractivity contribution in [1.82, 2.24) is 4.90 Å². The maximum Gasteiger partial charge on any atom is 0.124 e. The van der Waals surface area contributed by atoms with Crippen LogP contribution in [0.25, 0.3) is 0 Å². The largest absolute Gasteiger partial charge is 0.496 e. The lowest BCUT2D eigenvalue weighted by Crippen LogP contribution is -2.20. The van der Waals surface area contributed by atoms with Crippen LogP contribution in [0.15, 0.2) is 12.1 Å². The van der Waals surface area contributed by atoms with Crippen molar-refractivity contribution in [2.24, 2.45) is 0 Å². The molecule has 0 aliphatic carbocycles. The fourth-order valence-corrected chi connectivity index (χ4v) is 2.03. The summed E-state index contributed by atoms with van der Waals surface area (Å²) in [5, 5.41) is 0. The number of hydrogen-bond donors (Lipinski definition) is 0. The molecule has 0 atom stereocenters. The van der Waals surface area contributed by atoms with Gasteiger partial charge in [-0.2, -0.15) is 0 Å². The molecule has 0 N–H and O–H groups in total. The smallest absolute Gasteiger partial charge is 0.124 e. The quantitative estimate of drug-likeness (QED) is 0.715. The van der Waals surface area contributed by atoms with Crippen LogP contribution in [0.2, 0.25) is 0 Å². The van der Waals surface area contributed by atoms with Crippen LogP contribution in [0, 0.1) is 13.8 Å². The van der Waals surface area contributed by atoms with E-state index in [-0.39, 0.29) is 0 Å². The second-order valence-electron chi connectivity index (χ2n) is 4.19.